The third kappa shape index (κ3) is 2.85. The second-order valence-electron chi connectivity index (χ2n) is 6.18. The molecule has 21 heavy (non-hydrogen) atoms. The summed E-state index contributed by atoms with van der Waals surface area (Å²) in [6, 6.07) is 0.766. The normalized spacial score (nSPS) is 21.0. The van der Waals surface area contributed by atoms with Crippen molar-refractivity contribution in [2.45, 2.75) is 37.5 Å². The first-order chi connectivity index (χ1) is 9.62. The van der Waals surface area contributed by atoms with E-state index in [-0.39, 0.29) is 18.0 Å². The fourth-order valence-electron chi connectivity index (χ4n) is 2.17. The van der Waals surface area contributed by atoms with Gasteiger partial charge in [-0.3, -0.25) is 9.69 Å². The van der Waals surface area contributed by atoms with Crippen molar-refractivity contribution in [3.63, 3.8) is 0 Å². The average molecular weight is 313 g/mol. The second kappa shape index (κ2) is 5.25. The van der Waals surface area contributed by atoms with Gasteiger partial charge in [0.2, 0.25) is 0 Å². The van der Waals surface area contributed by atoms with Gasteiger partial charge in [0, 0.05) is 25.1 Å². The van der Waals surface area contributed by atoms with E-state index in [9.17, 15) is 9.59 Å². The van der Waals surface area contributed by atoms with Crippen LogP contribution in [0.15, 0.2) is 10.6 Å². The largest absolute Gasteiger partial charge is 0.480 e. The first-order valence-corrected chi connectivity index (χ1v) is 7.07. The maximum atomic E-state index is 12.2. The molecule has 0 spiro atoms. The van der Waals surface area contributed by atoms with Gasteiger partial charge in [-0.2, -0.15) is 12.6 Å². The van der Waals surface area contributed by atoms with Gasteiger partial charge in [0.25, 0.3) is 0 Å². The van der Waals surface area contributed by atoms with Gasteiger partial charge in [0.15, 0.2) is 5.82 Å². The maximum absolute atomic E-state index is 12.2. The summed E-state index contributed by atoms with van der Waals surface area (Å²) in [4.78, 5) is 26.2. The van der Waals surface area contributed by atoms with E-state index in [4.69, 9.17) is 9.63 Å². The molecule has 1 N–H and O–H groups in total. The van der Waals surface area contributed by atoms with Gasteiger partial charge in [-0.15, -0.1) is 0 Å². The number of carboxylic acids is 1. The molecule has 0 aliphatic carbocycles. The van der Waals surface area contributed by atoms with Crippen LogP contribution < -0.4 is 4.90 Å². The van der Waals surface area contributed by atoms with Gasteiger partial charge >= 0.3 is 12.0 Å². The number of likely N-dealkylation sites (N-methyl/N-ethyl adjacent to an activating group) is 1. The number of hydrogen-bond acceptors (Lipinski definition) is 5. The molecule has 1 fully saturated rings. The van der Waals surface area contributed by atoms with Gasteiger partial charge in [-0.1, -0.05) is 25.9 Å². The Labute approximate surface area is 128 Å². The van der Waals surface area contributed by atoms with Crippen LogP contribution in [0.25, 0.3) is 0 Å². The summed E-state index contributed by atoms with van der Waals surface area (Å²) in [5.74, 6) is -0.125. The van der Waals surface area contributed by atoms with Crippen molar-refractivity contribution in [2.75, 3.05) is 18.5 Å². The molecule has 2 unspecified atom stereocenters. The van der Waals surface area contributed by atoms with Crippen molar-refractivity contribution in [3.05, 3.63) is 11.8 Å². The number of rotatable bonds is 3. The molecule has 0 aromatic carbocycles. The van der Waals surface area contributed by atoms with Gasteiger partial charge < -0.3 is 14.5 Å². The molecule has 116 valence electrons. The van der Waals surface area contributed by atoms with E-state index < -0.39 is 17.3 Å². The number of thiol groups is 1. The van der Waals surface area contributed by atoms with E-state index in [0.717, 1.165) is 0 Å². The summed E-state index contributed by atoms with van der Waals surface area (Å²) in [5, 5.41) is 12.1. The maximum Gasteiger partial charge on any atom is 0.325 e. The molecule has 8 heteroatoms. The lowest BCUT2D eigenvalue weighted by Crippen LogP contribution is -2.43. The summed E-state index contributed by atoms with van der Waals surface area (Å²) in [5.41, 5.74) is -0.247. The monoisotopic (exact) mass is 313 g/mol. The van der Waals surface area contributed by atoms with Gasteiger partial charge in [-0.05, 0) is 0 Å². The Hall–Kier alpha value is -1.70. The van der Waals surface area contributed by atoms with Crippen molar-refractivity contribution in [2.24, 2.45) is 0 Å². The second-order valence-corrected chi connectivity index (χ2v) is 6.74. The van der Waals surface area contributed by atoms with Gasteiger partial charge in [-0.25, -0.2) is 4.79 Å². The number of carboxylic acid groups (broad SMARTS) is 1. The highest BCUT2D eigenvalue weighted by molar-refractivity contribution is 7.81. The van der Waals surface area contributed by atoms with E-state index in [1.165, 1.54) is 9.80 Å². The lowest BCUT2D eigenvalue weighted by molar-refractivity contribution is -0.136. The lowest BCUT2D eigenvalue weighted by Gasteiger charge is -2.22. The third-order valence-electron chi connectivity index (χ3n) is 3.43. The van der Waals surface area contributed by atoms with Gasteiger partial charge in [0.05, 0.1) is 6.04 Å². The van der Waals surface area contributed by atoms with Crippen molar-refractivity contribution >= 4 is 30.4 Å². The molecule has 2 atom stereocenters. The lowest BCUT2D eigenvalue weighted by atomic mass is 9.93. The molecule has 0 bridgehead atoms. The molecular weight excluding hydrogens is 294 g/mol. The fraction of sp³-hybridized carbons (Fsp3) is 0.615. The molecule has 2 rings (SSSR count). The van der Waals surface area contributed by atoms with Crippen LogP contribution >= 0.6 is 12.6 Å². The molecule has 1 aliphatic heterocycles. The van der Waals surface area contributed by atoms with Crippen molar-refractivity contribution in [1.29, 1.82) is 0 Å². The number of aliphatic carboxylic acids is 1. The van der Waals surface area contributed by atoms with Crippen molar-refractivity contribution in [3.8, 4) is 0 Å². The molecule has 7 nitrogen and oxygen atoms in total. The third-order valence-corrected chi connectivity index (χ3v) is 3.99. The molecule has 1 aromatic heterocycles. The zero-order valence-electron chi connectivity index (χ0n) is 12.4. The highest BCUT2D eigenvalue weighted by atomic mass is 32.1. The summed E-state index contributed by atoms with van der Waals surface area (Å²) in [6.45, 7) is 6.17. The summed E-state index contributed by atoms with van der Waals surface area (Å²) in [7, 11) is 1.61. The van der Waals surface area contributed by atoms with Crippen LogP contribution in [0, 0.1) is 0 Å². The minimum Gasteiger partial charge on any atom is -0.480 e. The van der Waals surface area contributed by atoms with Crippen LogP contribution in [0.5, 0.6) is 0 Å². The predicted molar refractivity (Wildman–Crippen MR) is 79.9 cm³/mol. The van der Waals surface area contributed by atoms with E-state index >= 15 is 0 Å². The Kier molecular flexibility index (Phi) is 3.92. The summed E-state index contributed by atoms with van der Waals surface area (Å²) < 4.78 is 5.28. The van der Waals surface area contributed by atoms with Crippen LogP contribution in [0.2, 0.25) is 0 Å². The molecular formula is C13H19N3O4S. The topological polar surface area (TPSA) is 86.9 Å². The number of urea groups is 1. The highest BCUT2D eigenvalue weighted by Crippen LogP contribution is 2.31. The molecule has 0 radical (unpaired) electrons. The number of hydrogen-bond donors (Lipinski definition) is 2. The van der Waals surface area contributed by atoms with E-state index in [1.54, 1.807) is 13.1 Å². The Morgan fingerprint density at radius 3 is 2.67 bits per heavy atom. The number of carbonyl (C=O) groups is 2. The minimum atomic E-state index is -1.07. The zero-order chi connectivity index (χ0) is 15.9. The molecule has 2 amide bonds. The molecule has 1 saturated heterocycles. The molecule has 1 aliphatic rings. The van der Waals surface area contributed by atoms with E-state index in [2.05, 4.69) is 17.8 Å². The Morgan fingerprint density at radius 1 is 1.57 bits per heavy atom. The van der Waals surface area contributed by atoms with E-state index in [1.807, 2.05) is 20.8 Å². The molecule has 0 saturated carbocycles. The number of carbonyl (C=O) groups excluding carboxylic acids is 1. The first-order valence-electron chi connectivity index (χ1n) is 6.55. The van der Waals surface area contributed by atoms with Crippen LogP contribution in [0.1, 0.15) is 26.5 Å². The van der Waals surface area contributed by atoms with Crippen molar-refractivity contribution < 1.29 is 19.2 Å². The quantitative estimate of drug-likeness (QED) is 0.828. The Balaban J connectivity index is 2.36. The number of aromatic nitrogens is 1. The fourth-order valence-corrected chi connectivity index (χ4v) is 2.40. The first kappa shape index (κ1) is 15.7. The van der Waals surface area contributed by atoms with Crippen LogP contribution in [-0.4, -0.2) is 52.0 Å². The number of anilines is 1. The number of nitrogens with zero attached hydrogens (tertiary/aromatic N) is 3. The summed E-state index contributed by atoms with van der Waals surface area (Å²) >= 11 is 4.10. The SMILES string of the molecule is CN1CC(C(S)C(=O)O)N(c2cc(C(C)(C)C)on2)C1=O. The van der Waals surface area contributed by atoms with Crippen LogP contribution in [0.4, 0.5) is 10.6 Å². The van der Waals surface area contributed by atoms with Crippen LogP contribution in [-0.2, 0) is 10.2 Å². The highest BCUT2D eigenvalue weighted by Gasteiger charge is 2.44. The Morgan fingerprint density at radius 2 is 2.19 bits per heavy atom. The van der Waals surface area contributed by atoms with E-state index in [0.29, 0.717) is 11.6 Å². The molecule has 2 heterocycles. The zero-order valence-corrected chi connectivity index (χ0v) is 13.3. The summed E-state index contributed by atoms with van der Waals surface area (Å²) in [6.07, 6.45) is 0. The smallest absolute Gasteiger partial charge is 0.325 e. The number of amides is 2. The van der Waals surface area contributed by atoms with Gasteiger partial charge in [0.1, 0.15) is 11.0 Å². The minimum absolute atomic E-state index is 0.247. The average Bonchev–Trinajstić information content (AvgIpc) is 2.94. The standard InChI is InChI=1S/C13H19N3O4S/c1-13(2,3)8-5-9(14-20-8)16-7(10(21)11(17)18)6-15(4)12(16)19/h5,7,10,21H,6H2,1-4H3,(H,17,18). The van der Waals surface area contributed by atoms with Crippen molar-refractivity contribution in [1.82, 2.24) is 10.1 Å². The Bertz CT molecular complexity index is 566. The predicted octanol–water partition coefficient (Wildman–Crippen LogP) is 1.60. The van der Waals surface area contributed by atoms with Crippen LogP contribution in [0.3, 0.4) is 0 Å². The molecule has 1 aromatic rings.